The third-order valence-electron chi connectivity index (χ3n) is 2.75. The molecule has 2 rings (SSSR count). The van der Waals surface area contributed by atoms with Gasteiger partial charge in [-0.15, -0.1) is 0 Å². The van der Waals surface area contributed by atoms with E-state index in [4.69, 9.17) is 9.47 Å². The van der Waals surface area contributed by atoms with Gasteiger partial charge in [0.15, 0.2) is 5.65 Å². The van der Waals surface area contributed by atoms with Crippen molar-refractivity contribution in [1.29, 1.82) is 0 Å². The molecule has 0 N–H and O–H groups in total. The maximum absolute atomic E-state index is 11.9. The van der Waals surface area contributed by atoms with Crippen molar-refractivity contribution in [2.75, 3.05) is 13.2 Å². The summed E-state index contributed by atoms with van der Waals surface area (Å²) < 4.78 is 12.1. The molecule has 0 bridgehead atoms. The minimum Gasteiger partial charge on any atom is -0.476 e. The molecule has 0 amide bonds. The Kier molecular flexibility index (Phi) is 4.16. The van der Waals surface area contributed by atoms with Gasteiger partial charge in [0.1, 0.15) is 5.52 Å². The molecule has 0 atom stereocenters. The highest BCUT2D eigenvalue weighted by Crippen LogP contribution is 2.22. The summed E-state index contributed by atoms with van der Waals surface area (Å²) in [6.45, 7) is 8.70. The Hall–Kier alpha value is -2.18. The van der Waals surface area contributed by atoms with Gasteiger partial charge in [-0.1, -0.05) is 0 Å². The van der Waals surface area contributed by atoms with Crippen molar-refractivity contribution >= 4 is 17.1 Å². The van der Waals surface area contributed by atoms with Gasteiger partial charge in [0.25, 0.3) is 0 Å². The van der Waals surface area contributed by atoms with Crippen LogP contribution in [0.2, 0.25) is 0 Å². The van der Waals surface area contributed by atoms with Crippen LogP contribution in [-0.2, 0) is 11.3 Å². The van der Waals surface area contributed by atoms with Gasteiger partial charge in [-0.25, -0.2) is 14.5 Å². The number of nitrogens with zero attached hydrogens (tertiary/aromatic N) is 4. The van der Waals surface area contributed by atoms with Crippen LogP contribution in [0.4, 0.5) is 0 Å². The molecule has 20 heavy (non-hydrogen) atoms. The molecule has 0 aliphatic carbocycles. The van der Waals surface area contributed by atoms with Gasteiger partial charge >= 0.3 is 5.97 Å². The first kappa shape index (κ1) is 14.2. The highest BCUT2D eigenvalue weighted by molar-refractivity contribution is 5.92. The molecule has 0 spiro atoms. The van der Waals surface area contributed by atoms with Crippen LogP contribution in [0, 0.1) is 6.92 Å². The first-order valence-electron chi connectivity index (χ1n) is 6.67. The van der Waals surface area contributed by atoms with Gasteiger partial charge in [0.05, 0.1) is 18.9 Å². The molecule has 0 aliphatic rings. The number of carbonyl (C=O) groups is 1. The van der Waals surface area contributed by atoms with Gasteiger partial charge in [-0.05, 0) is 27.7 Å². The number of carbonyl (C=O) groups excluding carboxylic acids is 1. The van der Waals surface area contributed by atoms with Crippen molar-refractivity contribution < 1.29 is 14.3 Å². The fourth-order valence-electron chi connectivity index (χ4n) is 1.90. The smallest absolute Gasteiger partial charge is 0.362 e. The van der Waals surface area contributed by atoms with Crippen LogP contribution in [0.1, 0.15) is 37.0 Å². The lowest BCUT2D eigenvalue weighted by Crippen LogP contribution is -2.12. The van der Waals surface area contributed by atoms with E-state index in [0.29, 0.717) is 24.3 Å². The number of hydrogen-bond donors (Lipinski definition) is 0. The van der Waals surface area contributed by atoms with Crippen LogP contribution in [0.5, 0.6) is 5.88 Å². The maximum atomic E-state index is 11.9. The second-order valence-electron chi connectivity index (χ2n) is 4.10. The fourth-order valence-corrected chi connectivity index (χ4v) is 1.90. The Balaban J connectivity index is 2.63. The second-order valence-corrected chi connectivity index (χ2v) is 4.10. The third-order valence-corrected chi connectivity index (χ3v) is 2.75. The van der Waals surface area contributed by atoms with Gasteiger partial charge in [0, 0.05) is 6.54 Å². The molecule has 0 unspecified atom stereocenters. The van der Waals surface area contributed by atoms with Gasteiger partial charge in [0.2, 0.25) is 11.6 Å². The molecule has 7 heteroatoms. The largest absolute Gasteiger partial charge is 0.476 e. The molecule has 2 aromatic rings. The van der Waals surface area contributed by atoms with E-state index in [1.54, 1.807) is 11.6 Å². The Bertz CT molecular complexity index is 636. The zero-order valence-corrected chi connectivity index (χ0v) is 12.1. The molecule has 0 aromatic carbocycles. The predicted octanol–water partition coefficient (Wildman–Crippen LogP) is 1.73. The Morgan fingerprint density at radius 2 is 1.95 bits per heavy atom. The summed E-state index contributed by atoms with van der Waals surface area (Å²) in [6, 6.07) is 0. The summed E-state index contributed by atoms with van der Waals surface area (Å²) in [6.07, 6.45) is 0. The van der Waals surface area contributed by atoms with Crippen molar-refractivity contribution in [2.24, 2.45) is 0 Å². The molecule has 7 nitrogen and oxygen atoms in total. The second kappa shape index (κ2) is 5.85. The highest BCUT2D eigenvalue weighted by atomic mass is 16.5. The van der Waals surface area contributed by atoms with E-state index in [2.05, 4.69) is 15.1 Å². The highest BCUT2D eigenvalue weighted by Gasteiger charge is 2.22. The number of fused-ring (bicyclic) bond motifs is 1. The monoisotopic (exact) mass is 278 g/mol. The molecule has 0 saturated heterocycles. The number of ether oxygens (including phenoxy) is 2. The summed E-state index contributed by atoms with van der Waals surface area (Å²) in [5, 5.41) is 4.34. The van der Waals surface area contributed by atoms with E-state index in [0.717, 1.165) is 5.69 Å². The lowest BCUT2D eigenvalue weighted by molar-refractivity contribution is 0.0514. The minimum atomic E-state index is -0.533. The maximum Gasteiger partial charge on any atom is 0.362 e. The van der Waals surface area contributed by atoms with Crippen LogP contribution in [0.3, 0.4) is 0 Å². The number of aryl methyl sites for hydroxylation is 2. The minimum absolute atomic E-state index is 0.0972. The van der Waals surface area contributed by atoms with Crippen molar-refractivity contribution in [1.82, 2.24) is 19.7 Å². The van der Waals surface area contributed by atoms with Crippen LogP contribution < -0.4 is 4.74 Å². The van der Waals surface area contributed by atoms with Gasteiger partial charge < -0.3 is 9.47 Å². The Labute approximate surface area is 116 Å². The van der Waals surface area contributed by atoms with Crippen molar-refractivity contribution in [3.05, 3.63) is 11.4 Å². The van der Waals surface area contributed by atoms with Crippen molar-refractivity contribution in [2.45, 2.75) is 34.2 Å². The van der Waals surface area contributed by atoms with Crippen molar-refractivity contribution in [3.8, 4) is 5.88 Å². The molecule has 2 heterocycles. The van der Waals surface area contributed by atoms with Crippen LogP contribution >= 0.6 is 0 Å². The average Bonchev–Trinajstić information content (AvgIpc) is 2.74. The van der Waals surface area contributed by atoms with Crippen LogP contribution in [0.15, 0.2) is 0 Å². The number of aromatic nitrogens is 4. The standard InChI is InChI=1S/C13H18N4O3/c1-5-17-11-9(8(4)16-17)14-10(13(18)20-7-3)12(15-11)19-6-2/h5-7H2,1-4H3. The molecular formula is C13H18N4O3. The molecular weight excluding hydrogens is 260 g/mol. The molecule has 0 radical (unpaired) electrons. The summed E-state index contributed by atoms with van der Waals surface area (Å²) in [7, 11) is 0. The summed E-state index contributed by atoms with van der Waals surface area (Å²) in [4.78, 5) is 20.6. The zero-order chi connectivity index (χ0) is 14.7. The van der Waals surface area contributed by atoms with E-state index >= 15 is 0 Å². The fraction of sp³-hybridized carbons (Fsp3) is 0.538. The van der Waals surface area contributed by atoms with E-state index < -0.39 is 5.97 Å². The predicted molar refractivity (Wildman–Crippen MR) is 72.9 cm³/mol. The summed E-state index contributed by atoms with van der Waals surface area (Å²) in [5.74, 6) is -0.345. The van der Waals surface area contributed by atoms with Gasteiger partial charge in [-0.2, -0.15) is 10.1 Å². The first-order chi connectivity index (χ1) is 9.62. The quantitative estimate of drug-likeness (QED) is 0.775. The molecule has 0 aliphatic heterocycles. The van der Waals surface area contributed by atoms with Crippen molar-refractivity contribution in [3.63, 3.8) is 0 Å². The molecule has 0 saturated carbocycles. The first-order valence-corrected chi connectivity index (χ1v) is 6.67. The lowest BCUT2D eigenvalue weighted by Gasteiger charge is -2.08. The van der Waals surface area contributed by atoms with Crippen LogP contribution in [0.25, 0.3) is 11.2 Å². The zero-order valence-electron chi connectivity index (χ0n) is 12.1. The Morgan fingerprint density at radius 3 is 2.55 bits per heavy atom. The van der Waals surface area contributed by atoms with E-state index in [-0.39, 0.29) is 18.2 Å². The van der Waals surface area contributed by atoms with E-state index in [9.17, 15) is 4.79 Å². The van der Waals surface area contributed by atoms with E-state index in [1.807, 2.05) is 20.8 Å². The number of esters is 1. The number of hydrogen-bond acceptors (Lipinski definition) is 6. The SMILES string of the molecule is CCOC(=O)c1nc2c(C)nn(CC)c2nc1OCC. The molecule has 0 fully saturated rings. The van der Waals surface area contributed by atoms with Crippen LogP contribution in [-0.4, -0.2) is 38.9 Å². The topological polar surface area (TPSA) is 79.1 Å². The average molecular weight is 278 g/mol. The van der Waals surface area contributed by atoms with E-state index in [1.165, 1.54) is 0 Å². The summed E-state index contributed by atoms with van der Waals surface area (Å²) in [5.41, 5.74) is 2.03. The molecule has 108 valence electrons. The molecule has 2 aromatic heterocycles. The van der Waals surface area contributed by atoms with Gasteiger partial charge in [-0.3, -0.25) is 0 Å². The lowest BCUT2D eigenvalue weighted by atomic mass is 10.3. The normalized spacial score (nSPS) is 10.8. The third kappa shape index (κ3) is 2.43. The number of rotatable bonds is 5. The Morgan fingerprint density at radius 1 is 1.20 bits per heavy atom. The summed E-state index contributed by atoms with van der Waals surface area (Å²) >= 11 is 0.